The lowest BCUT2D eigenvalue weighted by Gasteiger charge is -2.35. The minimum absolute atomic E-state index is 0.0633. The SMILES string of the molecule is CC(C)(C)OC(=O)N[C@H]1CCCN(c2ncc(C#N)c(N)c2N)C1. The van der Waals surface area contributed by atoms with Crippen LogP contribution in [0.4, 0.5) is 22.0 Å². The maximum Gasteiger partial charge on any atom is 0.407 e. The number of anilines is 3. The Kier molecular flexibility index (Phi) is 5.02. The van der Waals surface area contributed by atoms with Crippen LogP contribution in [0.1, 0.15) is 39.2 Å². The molecule has 1 aromatic rings. The molecule has 1 aromatic heterocycles. The number of ether oxygens (including phenoxy) is 1. The van der Waals surface area contributed by atoms with E-state index in [2.05, 4.69) is 10.3 Å². The molecule has 0 bridgehead atoms. The average Bonchev–Trinajstić information content (AvgIpc) is 2.48. The first-order valence-electron chi connectivity index (χ1n) is 7.90. The topological polar surface area (TPSA) is 130 Å². The molecule has 0 saturated carbocycles. The molecule has 8 heteroatoms. The molecule has 0 aromatic carbocycles. The molecule has 0 aliphatic carbocycles. The van der Waals surface area contributed by atoms with Crippen molar-refractivity contribution in [1.29, 1.82) is 5.26 Å². The average molecular weight is 332 g/mol. The van der Waals surface area contributed by atoms with E-state index in [1.54, 1.807) is 0 Å². The summed E-state index contributed by atoms with van der Waals surface area (Å²) in [5.41, 5.74) is 12.2. The molecule has 1 atom stereocenters. The number of nitrogens with two attached hydrogens (primary N) is 2. The standard InChI is InChI=1S/C16H24N6O2/c1-16(2,3)24-15(23)21-11-5-4-6-22(9-11)14-13(19)12(18)10(7-17)8-20-14/h8,11H,4-6,9,19H2,1-3H3,(H2,18,20)(H,21,23)/t11-/m0/s1. The highest BCUT2D eigenvalue weighted by molar-refractivity contribution is 5.80. The van der Waals surface area contributed by atoms with Crippen LogP contribution in [0.5, 0.6) is 0 Å². The number of amides is 1. The van der Waals surface area contributed by atoms with Gasteiger partial charge in [-0.05, 0) is 33.6 Å². The zero-order valence-electron chi connectivity index (χ0n) is 14.3. The van der Waals surface area contributed by atoms with Gasteiger partial charge in [0.2, 0.25) is 0 Å². The van der Waals surface area contributed by atoms with Crippen molar-refractivity contribution in [3.8, 4) is 6.07 Å². The fraction of sp³-hybridized carbons (Fsp3) is 0.562. The van der Waals surface area contributed by atoms with E-state index in [0.29, 0.717) is 18.1 Å². The van der Waals surface area contributed by atoms with Crippen LogP contribution in [0.2, 0.25) is 0 Å². The molecule has 8 nitrogen and oxygen atoms in total. The molecule has 2 rings (SSSR count). The van der Waals surface area contributed by atoms with Gasteiger partial charge < -0.3 is 26.4 Å². The molecule has 1 aliphatic heterocycles. The molecule has 0 unspecified atom stereocenters. The zero-order chi connectivity index (χ0) is 17.9. The first kappa shape index (κ1) is 17.7. The third kappa shape index (κ3) is 4.19. The molecule has 1 amide bonds. The van der Waals surface area contributed by atoms with Gasteiger partial charge >= 0.3 is 6.09 Å². The predicted octanol–water partition coefficient (Wildman–Crippen LogP) is 1.61. The number of carbonyl (C=O) groups is 1. The lowest BCUT2D eigenvalue weighted by Crippen LogP contribution is -2.49. The van der Waals surface area contributed by atoms with Crippen LogP contribution in [-0.2, 0) is 4.74 Å². The number of piperidine rings is 1. The number of hydrogen-bond donors (Lipinski definition) is 3. The molecule has 2 heterocycles. The van der Waals surface area contributed by atoms with E-state index in [1.807, 2.05) is 31.7 Å². The van der Waals surface area contributed by atoms with Crippen molar-refractivity contribution in [2.24, 2.45) is 0 Å². The Morgan fingerprint density at radius 1 is 1.46 bits per heavy atom. The van der Waals surface area contributed by atoms with Crippen molar-refractivity contribution in [1.82, 2.24) is 10.3 Å². The number of aromatic nitrogens is 1. The highest BCUT2D eigenvalue weighted by Crippen LogP contribution is 2.30. The molecule has 1 saturated heterocycles. The van der Waals surface area contributed by atoms with Crippen LogP contribution < -0.4 is 21.7 Å². The second kappa shape index (κ2) is 6.83. The lowest BCUT2D eigenvalue weighted by molar-refractivity contribution is 0.0500. The van der Waals surface area contributed by atoms with Gasteiger partial charge in [-0.1, -0.05) is 0 Å². The number of hydrogen-bond acceptors (Lipinski definition) is 7. The van der Waals surface area contributed by atoms with Crippen LogP contribution >= 0.6 is 0 Å². The van der Waals surface area contributed by atoms with Crippen LogP contribution in [-0.4, -0.2) is 35.8 Å². The van der Waals surface area contributed by atoms with Crippen molar-refractivity contribution in [3.63, 3.8) is 0 Å². The maximum atomic E-state index is 11.9. The summed E-state index contributed by atoms with van der Waals surface area (Å²) in [4.78, 5) is 18.2. The van der Waals surface area contributed by atoms with Crippen LogP contribution in [0.25, 0.3) is 0 Å². The number of alkyl carbamates (subject to hydrolysis) is 1. The van der Waals surface area contributed by atoms with E-state index in [4.69, 9.17) is 21.5 Å². The molecule has 130 valence electrons. The summed E-state index contributed by atoms with van der Waals surface area (Å²) < 4.78 is 5.29. The molecule has 1 fully saturated rings. The monoisotopic (exact) mass is 332 g/mol. The Hall–Kier alpha value is -2.69. The Bertz CT molecular complexity index is 662. The number of nitrogen functional groups attached to an aromatic ring is 2. The molecule has 0 radical (unpaired) electrons. The number of nitrogens with zero attached hydrogens (tertiary/aromatic N) is 3. The van der Waals surface area contributed by atoms with Gasteiger partial charge in [-0.15, -0.1) is 0 Å². The first-order valence-corrected chi connectivity index (χ1v) is 7.90. The maximum absolute atomic E-state index is 11.9. The second-order valence-corrected chi connectivity index (χ2v) is 6.87. The van der Waals surface area contributed by atoms with E-state index < -0.39 is 11.7 Å². The third-order valence-electron chi connectivity index (χ3n) is 3.70. The molecule has 1 aliphatic rings. The molecular weight excluding hydrogens is 308 g/mol. The van der Waals surface area contributed by atoms with Gasteiger partial charge in [0, 0.05) is 25.3 Å². The number of nitrogens with one attached hydrogen (secondary N) is 1. The minimum Gasteiger partial charge on any atom is -0.444 e. The molecular formula is C16H24N6O2. The Balaban J connectivity index is 2.07. The number of carbonyl (C=O) groups excluding carboxylic acids is 1. The van der Waals surface area contributed by atoms with Gasteiger partial charge in [-0.25, -0.2) is 9.78 Å². The van der Waals surface area contributed by atoms with E-state index >= 15 is 0 Å². The van der Waals surface area contributed by atoms with Crippen molar-refractivity contribution in [2.45, 2.75) is 45.3 Å². The van der Waals surface area contributed by atoms with Gasteiger partial charge in [0.05, 0.1) is 16.9 Å². The lowest BCUT2D eigenvalue weighted by atomic mass is 10.1. The first-order chi connectivity index (χ1) is 11.2. The van der Waals surface area contributed by atoms with Crippen LogP contribution in [0.15, 0.2) is 6.20 Å². The van der Waals surface area contributed by atoms with Gasteiger partial charge in [0.1, 0.15) is 11.7 Å². The predicted molar refractivity (Wildman–Crippen MR) is 92.4 cm³/mol. The summed E-state index contributed by atoms with van der Waals surface area (Å²) >= 11 is 0. The quantitative estimate of drug-likeness (QED) is 0.750. The summed E-state index contributed by atoms with van der Waals surface area (Å²) in [5.74, 6) is 0.544. The van der Waals surface area contributed by atoms with Gasteiger partial charge in [-0.2, -0.15) is 5.26 Å². The summed E-state index contributed by atoms with van der Waals surface area (Å²) in [6.07, 6.45) is 2.71. The molecule has 5 N–H and O–H groups in total. The summed E-state index contributed by atoms with van der Waals surface area (Å²) in [6, 6.07) is 1.90. The van der Waals surface area contributed by atoms with Crippen molar-refractivity contribution in [3.05, 3.63) is 11.8 Å². The smallest absolute Gasteiger partial charge is 0.407 e. The summed E-state index contributed by atoms with van der Waals surface area (Å²) in [5, 5.41) is 11.9. The number of pyridine rings is 1. The number of nitriles is 1. The fourth-order valence-corrected chi connectivity index (χ4v) is 2.63. The van der Waals surface area contributed by atoms with Gasteiger partial charge in [0.25, 0.3) is 0 Å². The van der Waals surface area contributed by atoms with E-state index in [0.717, 1.165) is 19.4 Å². The van der Waals surface area contributed by atoms with E-state index in [9.17, 15) is 4.79 Å². The Morgan fingerprint density at radius 2 is 2.17 bits per heavy atom. The van der Waals surface area contributed by atoms with Crippen LogP contribution in [0, 0.1) is 11.3 Å². The van der Waals surface area contributed by atoms with E-state index in [1.165, 1.54) is 6.20 Å². The number of rotatable bonds is 2. The van der Waals surface area contributed by atoms with Crippen molar-refractivity contribution in [2.75, 3.05) is 29.5 Å². The molecule has 24 heavy (non-hydrogen) atoms. The normalized spacial score (nSPS) is 17.9. The van der Waals surface area contributed by atoms with Gasteiger partial charge in [-0.3, -0.25) is 0 Å². The van der Waals surface area contributed by atoms with Crippen molar-refractivity contribution >= 4 is 23.3 Å². The summed E-state index contributed by atoms with van der Waals surface area (Å²) in [7, 11) is 0. The zero-order valence-corrected chi connectivity index (χ0v) is 14.3. The largest absolute Gasteiger partial charge is 0.444 e. The van der Waals surface area contributed by atoms with Gasteiger partial charge in [0.15, 0.2) is 5.82 Å². The molecule has 0 spiro atoms. The summed E-state index contributed by atoms with van der Waals surface area (Å²) in [6.45, 7) is 6.79. The minimum atomic E-state index is -0.536. The van der Waals surface area contributed by atoms with Crippen LogP contribution in [0.3, 0.4) is 0 Å². The highest BCUT2D eigenvalue weighted by Gasteiger charge is 2.26. The highest BCUT2D eigenvalue weighted by atomic mass is 16.6. The third-order valence-corrected chi connectivity index (χ3v) is 3.70. The Morgan fingerprint density at radius 3 is 2.79 bits per heavy atom. The fourth-order valence-electron chi connectivity index (χ4n) is 2.63. The Labute approximate surface area is 141 Å². The van der Waals surface area contributed by atoms with E-state index in [-0.39, 0.29) is 17.3 Å². The second-order valence-electron chi connectivity index (χ2n) is 6.87. The van der Waals surface area contributed by atoms with Crippen molar-refractivity contribution < 1.29 is 9.53 Å².